The van der Waals surface area contributed by atoms with E-state index in [9.17, 15) is 9.59 Å². The van der Waals surface area contributed by atoms with Gasteiger partial charge < -0.3 is 14.7 Å². The van der Waals surface area contributed by atoms with E-state index < -0.39 is 5.25 Å². The number of pyridine rings is 1. The summed E-state index contributed by atoms with van der Waals surface area (Å²) in [7, 11) is 0. The lowest BCUT2D eigenvalue weighted by Crippen LogP contribution is -2.31. The molecule has 1 aliphatic heterocycles. The summed E-state index contributed by atoms with van der Waals surface area (Å²) >= 11 is 1.32. The molecule has 10 nitrogen and oxygen atoms in total. The molecule has 11 heteroatoms. The molecule has 1 saturated heterocycles. The van der Waals surface area contributed by atoms with Crippen molar-refractivity contribution in [3.05, 3.63) is 42.2 Å². The van der Waals surface area contributed by atoms with Crippen LogP contribution >= 0.6 is 11.8 Å². The second-order valence-electron chi connectivity index (χ2n) is 7.90. The first-order valence-electron chi connectivity index (χ1n) is 11.1. The molecule has 1 fully saturated rings. The summed E-state index contributed by atoms with van der Waals surface area (Å²) in [4.78, 5) is 31.5. The van der Waals surface area contributed by atoms with Crippen molar-refractivity contribution in [3.8, 4) is 5.69 Å². The Morgan fingerprint density at radius 1 is 1.30 bits per heavy atom. The molecule has 0 bridgehead atoms. The molecule has 1 aliphatic rings. The summed E-state index contributed by atoms with van der Waals surface area (Å²) < 4.78 is 6.91. The summed E-state index contributed by atoms with van der Waals surface area (Å²) in [6.45, 7) is 4.77. The number of likely N-dealkylation sites (tertiary alicyclic amines) is 1. The van der Waals surface area contributed by atoms with E-state index in [1.807, 2.05) is 28.5 Å². The molecule has 1 N–H and O–H groups in total. The maximum atomic E-state index is 12.9. The number of aryl methyl sites for hydroxylation is 1. The highest BCUT2D eigenvalue weighted by molar-refractivity contribution is 8.00. The summed E-state index contributed by atoms with van der Waals surface area (Å²) in [6, 6.07) is 5.42. The number of carbonyl (C=O) groups excluding carboxylic acids is 2. The number of amides is 2. The standard InChI is InChI=1S/C22H27N7O3S/c1-3-17(21(31)24-18-12-15(2)32-27-18)33-22-26-25-19(29(22)16-8-7-10-23-13-16)14-28-11-6-4-5-9-20(28)30/h7-8,10,12-13,17H,3-6,9,11,14H2,1-2H3,(H,24,27,31)/t17-/m0/s1. The summed E-state index contributed by atoms with van der Waals surface area (Å²) in [5.74, 6) is 1.58. The minimum absolute atomic E-state index is 0.135. The SMILES string of the molecule is CC[C@H](Sc1nnc(CN2CCCCCC2=O)n1-c1cccnc1)C(=O)Nc1cc(C)on1. The van der Waals surface area contributed by atoms with Gasteiger partial charge in [-0.1, -0.05) is 30.3 Å². The molecule has 0 aromatic carbocycles. The van der Waals surface area contributed by atoms with Crippen molar-refractivity contribution >= 4 is 29.4 Å². The molecule has 0 unspecified atom stereocenters. The zero-order valence-electron chi connectivity index (χ0n) is 18.7. The molecule has 0 saturated carbocycles. The molecule has 174 valence electrons. The number of aromatic nitrogens is 5. The predicted octanol–water partition coefficient (Wildman–Crippen LogP) is 3.37. The fourth-order valence-corrected chi connectivity index (χ4v) is 4.67. The molecule has 3 aromatic heterocycles. The third-order valence-electron chi connectivity index (χ3n) is 5.40. The smallest absolute Gasteiger partial charge is 0.239 e. The van der Waals surface area contributed by atoms with Gasteiger partial charge in [-0.25, -0.2) is 0 Å². The number of nitrogens with zero attached hydrogens (tertiary/aromatic N) is 6. The molecular weight excluding hydrogens is 442 g/mol. The Morgan fingerprint density at radius 2 is 2.18 bits per heavy atom. The zero-order valence-corrected chi connectivity index (χ0v) is 19.5. The quantitative estimate of drug-likeness (QED) is 0.499. The van der Waals surface area contributed by atoms with Crippen LogP contribution < -0.4 is 5.32 Å². The lowest BCUT2D eigenvalue weighted by atomic mass is 10.2. The van der Waals surface area contributed by atoms with Gasteiger partial charge in [-0.3, -0.25) is 19.1 Å². The van der Waals surface area contributed by atoms with Crippen LogP contribution in [0, 0.1) is 6.92 Å². The summed E-state index contributed by atoms with van der Waals surface area (Å²) in [5, 5.41) is 15.6. The molecule has 2 amide bonds. The summed E-state index contributed by atoms with van der Waals surface area (Å²) in [5.41, 5.74) is 0.782. The van der Waals surface area contributed by atoms with Gasteiger partial charge in [0.05, 0.1) is 23.7 Å². The van der Waals surface area contributed by atoms with E-state index in [1.165, 1.54) is 11.8 Å². The van der Waals surface area contributed by atoms with Crippen LogP contribution in [0.2, 0.25) is 0 Å². The van der Waals surface area contributed by atoms with Gasteiger partial charge in [0.2, 0.25) is 11.8 Å². The van der Waals surface area contributed by atoms with Crippen molar-refractivity contribution in [3.63, 3.8) is 0 Å². The van der Waals surface area contributed by atoms with Crippen LogP contribution in [0.15, 0.2) is 40.3 Å². The number of carbonyl (C=O) groups is 2. The second kappa shape index (κ2) is 10.6. The van der Waals surface area contributed by atoms with Crippen molar-refractivity contribution in [1.29, 1.82) is 0 Å². The number of anilines is 1. The van der Waals surface area contributed by atoms with E-state index >= 15 is 0 Å². The Kier molecular flexibility index (Phi) is 7.38. The average molecular weight is 470 g/mol. The first-order valence-corrected chi connectivity index (χ1v) is 12.0. The highest BCUT2D eigenvalue weighted by atomic mass is 32.2. The van der Waals surface area contributed by atoms with E-state index in [-0.39, 0.29) is 11.8 Å². The molecule has 4 heterocycles. The van der Waals surface area contributed by atoms with Crippen molar-refractivity contribution in [2.45, 2.75) is 62.9 Å². The van der Waals surface area contributed by atoms with E-state index in [1.54, 1.807) is 25.4 Å². The number of thioether (sulfide) groups is 1. The van der Waals surface area contributed by atoms with Gasteiger partial charge in [-0.15, -0.1) is 10.2 Å². The van der Waals surface area contributed by atoms with Crippen molar-refractivity contribution in [2.75, 3.05) is 11.9 Å². The monoisotopic (exact) mass is 469 g/mol. The van der Waals surface area contributed by atoms with Gasteiger partial charge in [0.1, 0.15) is 5.76 Å². The fraction of sp³-hybridized carbons (Fsp3) is 0.455. The normalized spacial score (nSPS) is 15.3. The Labute approximate surface area is 196 Å². The number of nitrogens with one attached hydrogen (secondary N) is 1. The van der Waals surface area contributed by atoms with Gasteiger partial charge in [-0.2, -0.15) is 0 Å². The van der Waals surface area contributed by atoms with Crippen LogP contribution in [0.5, 0.6) is 0 Å². The molecule has 1 atom stereocenters. The predicted molar refractivity (Wildman–Crippen MR) is 123 cm³/mol. The molecular formula is C22H27N7O3S. The van der Waals surface area contributed by atoms with E-state index in [0.717, 1.165) is 24.9 Å². The molecule has 0 spiro atoms. The van der Waals surface area contributed by atoms with Crippen LogP contribution in [0.25, 0.3) is 5.69 Å². The van der Waals surface area contributed by atoms with Crippen LogP contribution in [-0.2, 0) is 16.1 Å². The topological polar surface area (TPSA) is 119 Å². The molecule has 0 aliphatic carbocycles. The van der Waals surface area contributed by atoms with Crippen LogP contribution in [0.4, 0.5) is 5.82 Å². The van der Waals surface area contributed by atoms with Crippen LogP contribution in [0.1, 0.15) is 50.6 Å². The Morgan fingerprint density at radius 3 is 2.91 bits per heavy atom. The van der Waals surface area contributed by atoms with Crippen molar-refractivity contribution in [1.82, 2.24) is 29.8 Å². The third-order valence-corrected chi connectivity index (χ3v) is 6.71. The molecule has 4 rings (SSSR count). The fourth-order valence-electron chi connectivity index (χ4n) is 3.68. The zero-order chi connectivity index (χ0) is 23.2. The highest BCUT2D eigenvalue weighted by Crippen LogP contribution is 2.29. The number of rotatable bonds is 8. The molecule has 3 aromatic rings. The minimum Gasteiger partial charge on any atom is -0.360 e. The van der Waals surface area contributed by atoms with E-state index in [4.69, 9.17) is 4.52 Å². The average Bonchev–Trinajstić information content (AvgIpc) is 3.35. The Balaban J connectivity index is 1.59. The maximum absolute atomic E-state index is 12.9. The Hall–Kier alpha value is -3.21. The van der Waals surface area contributed by atoms with Crippen LogP contribution in [-0.4, -0.2) is 53.4 Å². The van der Waals surface area contributed by atoms with E-state index in [0.29, 0.717) is 48.5 Å². The highest BCUT2D eigenvalue weighted by Gasteiger charge is 2.26. The van der Waals surface area contributed by atoms with Gasteiger partial charge >= 0.3 is 0 Å². The van der Waals surface area contributed by atoms with Crippen molar-refractivity contribution < 1.29 is 14.1 Å². The third kappa shape index (κ3) is 5.59. The van der Waals surface area contributed by atoms with E-state index in [2.05, 4.69) is 25.7 Å². The molecule has 0 radical (unpaired) electrons. The minimum atomic E-state index is -0.422. The lowest BCUT2D eigenvalue weighted by molar-refractivity contribution is -0.131. The second-order valence-corrected chi connectivity index (χ2v) is 9.07. The molecule has 33 heavy (non-hydrogen) atoms. The first-order chi connectivity index (χ1) is 16.0. The van der Waals surface area contributed by atoms with Gasteiger partial charge in [0, 0.05) is 25.2 Å². The number of hydrogen-bond donors (Lipinski definition) is 1. The number of hydrogen-bond acceptors (Lipinski definition) is 8. The van der Waals surface area contributed by atoms with Gasteiger partial charge in [0.25, 0.3) is 0 Å². The van der Waals surface area contributed by atoms with Gasteiger partial charge in [-0.05, 0) is 38.3 Å². The summed E-state index contributed by atoms with van der Waals surface area (Å²) in [6.07, 6.45) is 7.51. The van der Waals surface area contributed by atoms with Crippen molar-refractivity contribution in [2.24, 2.45) is 0 Å². The largest absolute Gasteiger partial charge is 0.360 e. The lowest BCUT2D eigenvalue weighted by Gasteiger charge is -2.21. The first kappa shape index (κ1) is 23.0. The Bertz CT molecular complexity index is 1100. The van der Waals surface area contributed by atoms with Crippen LogP contribution in [0.3, 0.4) is 0 Å². The van der Waals surface area contributed by atoms with Gasteiger partial charge in [0.15, 0.2) is 16.8 Å². The maximum Gasteiger partial charge on any atom is 0.239 e.